The number of rotatable bonds is 5. The van der Waals surface area contributed by atoms with Crippen LogP contribution in [-0.4, -0.2) is 46.4 Å². The van der Waals surface area contributed by atoms with Gasteiger partial charge in [-0.1, -0.05) is 0 Å². The van der Waals surface area contributed by atoms with E-state index in [1.165, 1.54) is 14.2 Å². The molecule has 0 unspecified atom stereocenters. The molecule has 6 nitrogen and oxygen atoms in total. The highest BCUT2D eigenvalue weighted by Gasteiger charge is 2.21. The summed E-state index contributed by atoms with van der Waals surface area (Å²) >= 11 is 0. The van der Waals surface area contributed by atoms with E-state index in [1.807, 2.05) is 0 Å². The van der Waals surface area contributed by atoms with Crippen molar-refractivity contribution in [2.75, 3.05) is 34.4 Å². The molecule has 6 heteroatoms. The van der Waals surface area contributed by atoms with Crippen LogP contribution in [0.3, 0.4) is 0 Å². The molecule has 0 radical (unpaired) electrons. The van der Waals surface area contributed by atoms with Crippen LogP contribution in [0.5, 0.6) is 17.2 Å². The molecule has 1 aromatic rings. The smallest absolute Gasteiger partial charge is 0.251 e. The van der Waals surface area contributed by atoms with Crippen LogP contribution in [0.1, 0.15) is 23.2 Å². The van der Waals surface area contributed by atoms with Crippen molar-refractivity contribution in [3.05, 3.63) is 17.7 Å². The molecular formula is C15H23N2O4+. The zero-order valence-corrected chi connectivity index (χ0v) is 12.8. The number of nitrogens with two attached hydrogens (primary N) is 1. The third-order valence-corrected chi connectivity index (χ3v) is 3.70. The van der Waals surface area contributed by atoms with Gasteiger partial charge >= 0.3 is 0 Å². The number of amides is 1. The van der Waals surface area contributed by atoms with Gasteiger partial charge in [0.15, 0.2) is 11.5 Å². The minimum absolute atomic E-state index is 0.110. The first kappa shape index (κ1) is 15.4. The van der Waals surface area contributed by atoms with Crippen molar-refractivity contribution in [3.8, 4) is 17.2 Å². The monoisotopic (exact) mass is 295 g/mol. The van der Waals surface area contributed by atoms with Crippen LogP contribution in [0.25, 0.3) is 0 Å². The van der Waals surface area contributed by atoms with Crippen molar-refractivity contribution >= 4 is 5.91 Å². The van der Waals surface area contributed by atoms with Gasteiger partial charge in [-0.15, -0.1) is 0 Å². The van der Waals surface area contributed by atoms with Crippen LogP contribution in [0.2, 0.25) is 0 Å². The minimum atomic E-state index is -0.110. The van der Waals surface area contributed by atoms with Gasteiger partial charge in [0.05, 0.1) is 34.4 Å². The van der Waals surface area contributed by atoms with Crippen molar-refractivity contribution in [1.82, 2.24) is 5.32 Å². The standard InChI is InChI=1S/C15H22N2O4/c1-19-12-8-10(9-13(20-2)14(12)21-3)15(18)17-11-4-6-16-7-5-11/h8-9,11,16H,4-7H2,1-3H3,(H,17,18)/p+1. The lowest BCUT2D eigenvalue weighted by Crippen LogP contribution is -2.87. The maximum Gasteiger partial charge on any atom is 0.251 e. The van der Waals surface area contributed by atoms with E-state index in [0.29, 0.717) is 22.8 Å². The van der Waals surface area contributed by atoms with Gasteiger partial charge in [0.2, 0.25) is 5.75 Å². The average molecular weight is 295 g/mol. The lowest BCUT2D eigenvalue weighted by Gasteiger charge is -2.22. The lowest BCUT2D eigenvalue weighted by molar-refractivity contribution is -0.663. The SMILES string of the molecule is COc1cc(C(=O)NC2CC[NH2+]CC2)cc(OC)c1OC. The van der Waals surface area contributed by atoms with Gasteiger partial charge < -0.3 is 24.8 Å². The van der Waals surface area contributed by atoms with Gasteiger partial charge in [0.1, 0.15) is 0 Å². The van der Waals surface area contributed by atoms with Gasteiger partial charge in [-0.2, -0.15) is 0 Å². The molecule has 116 valence electrons. The lowest BCUT2D eigenvalue weighted by atomic mass is 10.1. The summed E-state index contributed by atoms with van der Waals surface area (Å²) in [6, 6.07) is 3.58. The number of quaternary nitrogens is 1. The topological polar surface area (TPSA) is 73.4 Å². The number of piperidine rings is 1. The van der Waals surface area contributed by atoms with E-state index in [0.717, 1.165) is 25.9 Å². The van der Waals surface area contributed by atoms with Crippen LogP contribution in [-0.2, 0) is 0 Å². The van der Waals surface area contributed by atoms with E-state index in [-0.39, 0.29) is 11.9 Å². The second kappa shape index (κ2) is 7.17. The molecule has 0 bridgehead atoms. The van der Waals surface area contributed by atoms with Gasteiger partial charge in [-0.25, -0.2) is 0 Å². The zero-order valence-electron chi connectivity index (χ0n) is 12.8. The summed E-state index contributed by atoms with van der Waals surface area (Å²) < 4.78 is 15.8. The van der Waals surface area contributed by atoms with E-state index in [4.69, 9.17) is 14.2 Å². The summed E-state index contributed by atoms with van der Waals surface area (Å²) in [4.78, 5) is 12.4. The number of ether oxygens (including phenoxy) is 3. The first-order chi connectivity index (χ1) is 10.2. The Morgan fingerprint density at radius 2 is 1.67 bits per heavy atom. The van der Waals surface area contributed by atoms with Crippen LogP contribution in [0.4, 0.5) is 0 Å². The third-order valence-electron chi connectivity index (χ3n) is 3.70. The van der Waals surface area contributed by atoms with Crippen molar-refractivity contribution in [1.29, 1.82) is 0 Å². The molecule has 0 spiro atoms. The number of hydrogen-bond acceptors (Lipinski definition) is 4. The van der Waals surface area contributed by atoms with Crippen molar-refractivity contribution in [2.45, 2.75) is 18.9 Å². The van der Waals surface area contributed by atoms with Gasteiger partial charge in [0, 0.05) is 24.4 Å². The largest absolute Gasteiger partial charge is 0.493 e. The third kappa shape index (κ3) is 3.58. The van der Waals surface area contributed by atoms with E-state index < -0.39 is 0 Å². The molecule has 1 fully saturated rings. The molecule has 1 aliphatic rings. The predicted molar refractivity (Wildman–Crippen MR) is 78.2 cm³/mol. The number of benzene rings is 1. The quantitative estimate of drug-likeness (QED) is 0.812. The molecule has 1 amide bonds. The van der Waals surface area contributed by atoms with Crippen molar-refractivity contribution in [2.24, 2.45) is 0 Å². The minimum Gasteiger partial charge on any atom is -0.493 e. The summed E-state index contributed by atoms with van der Waals surface area (Å²) in [5.41, 5.74) is 0.513. The van der Waals surface area contributed by atoms with Crippen LogP contribution in [0.15, 0.2) is 12.1 Å². The molecule has 0 aromatic heterocycles. The van der Waals surface area contributed by atoms with Crippen LogP contribution < -0.4 is 24.8 Å². The molecule has 3 N–H and O–H groups in total. The van der Waals surface area contributed by atoms with E-state index in [2.05, 4.69) is 10.6 Å². The molecule has 2 rings (SSSR count). The Hall–Kier alpha value is -1.95. The number of hydrogen-bond donors (Lipinski definition) is 2. The summed E-state index contributed by atoms with van der Waals surface area (Å²) in [6.45, 7) is 2.11. The zero-order chi connectivity index (χ0) is 15.2. The fourth-order valence-electron chi connectivity index (χ4n) is 2.55. The molecule has 0 atom stereocenters. The van der Waals surface area contributed by atoms with Crippen LogP contribution in [0, 0.1) is 0 Å². The van der Waals surface area contributed by atoms with Gasteiger partial charge in [0.25, 0.3) is 5.91 Å². The fraction of sp³-hybridized carbons (Fsp3) is 0.533. The van der Waals surface area contributed by atoms with Crippen LogP contribution >= 0.6 is 0 Å². The highest BCUT2D eigenvalue weighted by Crippen LogP contribution is 2.38. The molecule has 1 aliphatic heterocycles. The van der Waals surface area contributed by atoms with Gasteiger partial charge in [-0.3, -0.25) is 4.79 Å². The Morgan fingerprint density at radius 3 is 2.14 bits per heavy atom. The normalized spacial score (nSPS) is 15.4. The number of carbonyl (C=O) groups excluding carboxylic acids is 1. The Bertz CT molecular complexity index is 473. The predicted octanol–water partition coefficient (Wildman–Crippen LogP) is 0.168. The first-order valence-electron chi connectivity index (χ1n) is 7.12. The highest BCUT2D eigenvalue weighted by molar-refractivity contribution is 5.95. The Morgan fingerprint density at radius 1 is 1.10 bits per heavy atom. The molecule has 1 saturated heterocycles. The molecule has 21 heavy (non-hydrogen) atoms. The highest BCUT2D eigenvalue weighted by atomic mass is 16.5. The molecule has 0 aliphatic carbocycles. The summed E-state index contributed by atoms with van der Waals surface area (Å²) in [5.74, 6) is 1.35. The Labute approximate surface area is 124 Å². The maximum atomic E-state index is 12.4. The molecular weight excluding hydrogens is 272 g/mol. The molecule has 1 aromatic carbocycles. The summed E-state index contributed by atoms with van der Waals surface area (Å²) in [5, 5.41) is 5.33. The maximum absolute atomic E-state index is 12.4. The van der Waals surface area contributed by atoms with Crippen molar-refractivity contribution in [3.63, 3.8) is 0 Å². The summed E-state index contributed by atoms with van der Waals surface area (Å²) in [6.07, 6.45) is 1.99. The number of carbonyl (C=O) groups is 1. The second-order valence-corrected chi connectivity index (χ2v) is 5.03. The number of methoxy groups -OCH3 is 3. The van der Waals surface area contributed by atoms with Gasteiger partial charge in [-0.05, 0) is 12.1 Å². The Kier molecular flexibility index (Phi) is 5.27. The fourth-order valence-corrected chi connectivity index (χ4v) is 2.55. The van der Waals surface area contributed by atoms with Crippen molar-refractivity contribution < 1.29 is 24.3 Å². The first-order valence-corrected chi connectivity index (χ1v) is 7.12. The Balaban J connectivity index is 2.19. The molecule has 1 heterocycles. The summed E-state index contributed by atoms with van der Waals surface area (Å²) in [7, 11) is 4.62. The number of nitrogens with one attached hydrogen (secondary N) is 1. The van der Waals surface area contributed by atoms with E-state index in [9.17, 15) is 4.79 Å². The molecule has 0 saturated carbocycles. The average Bonchev–Trinajstić information content (AvgIpc) is 2.54. The van der Waals surface area contributed by atoms with E-state index in [1.54, 1.807) is 19.2 Å². The van der Waals surface area contributed by atoms with E-state index >= 15 is 0 Å². The second-order valence-electron chi connectivity index (χ2n) is 5.03.